The molecule has 0 saturated heterocycles. The Morgan fingerprint density at radius 2 is 1.94 bits per heavy atom. The molecule has 1 aliphatic rings. The summed E-state index contributed by atoms with van der Waals surface area (Å²) in [6.45, 7) is 0.230. The summed E-state index contributed by atoms with van der Waals surface area (Å²) in [5.74, 6) is -1.08. The third-order valence-electron chi connectivity index (χ3n) is 5.50. The fourth-order valence-corrected chi connectivity index (χ4v) is 4.04. The van der Waals surface area contributed by atoms with E-state index in [9.17, 15) is 22.8 Å². The summed E-state index contributed by atoms with van der Waals surface area (Å²) in [6.07, 6.45) is -3.02. The van der Waals surface area contributed by atoms with Crippen LogP contribution in [0, 0.1) is 0 Å². The highest BCUT2D eigenvalue weighted by atomic mass is 19.4. The van der Waals surface area contributed by atoms with Crippen LogP contribution in [0.15, 0.2) is 70.0 Å². The van der Waals surface area contributed by atoms with E-state index in [-0.39, 0.29) is 24.3 Å². The number of benzene rings is 2. The number of aromatic nitrogens is 2. The van der Waals surface area contributed by atoms with E-state index < -0.39 is 23.6 Å². The number of pyridine rings is 1. The van der Waals surface area contributed by atoms with Gasteiger partial charge in [-0.15, -0.1) is 13.2 Å². The van der Waals surface area contributed by atoms with E-state index in [0.717, 1.165) is 0 Å². The Labute approximate surface area is 189 Å². The van der Waals surface area contributed by atoms with Crippen LogP contribution in [0.25, 0.3) is 11.1 Å². The number of hydrogen-bond acceptors (Lipinski definition) is 6. The average molecular weight is 471 g/mol. The van der Waals surface area contributed by atoms with Gasteiger partial charge < -0.3 is 19.2 Å². The van der Waals surface area contributed by atoms with Crippen molar-refractivity contribution in [3.63, 3.8) is 0 Å². The first-order chi connectivity index (χ1) is 16.2. The molecule has 8 nitrogen and oxygen atoms in total. The van der Waals surface area contributed by atoms with Gasteiger partial charge in [-0.1, -0.05) is 12.1 Å². The second-order valence-electron chi connectivity index (χ2n) is 7.61. The molecular formula is C23H16F3N3O5. The van der Waals surface area contributed by atoms with Gasteiger partial charge in [0.1, 0.15) is 22.7 Å². The minimum absolute atomic E-state index is 0.230. The second-order valence-corrected chi connectivity index (χ2v) is 7.61. The van der Waals surface area contributed by atoms with E-state index in [0.29, 0.717) is 28.1 Å². The van der Waals surface area contributed by atoms with Crippen LogP contribution in [-0.2, 0) is 5.54 Å². The van der Waals surface area contributed by atoms with Gasteiger partial charge in [-0.25, -0.2) is 4.79 Å². The van der Waals surface area contributed by atoms with Crippen molar-refractivity contribution in [2.24, 2.45) is 0 Å². The fraction of sp³-hybridized carbons (Fsp3) is 0.174. The zero-order valence-corrected chi connectivity index (χ0v) is 17.3. The molecular weight excluding hydrogens is 455 g/mol. The summed E-state index contributed by atoms with van der Waals surface area (Å²) in [5, 5.41) is 2.99. The first-order valence-electron chi connectivity index (χ1n) is 10.1. The van der Waals surface area contributed by atoms with Crippen molar-refractivity contribution in [1.82, 2.24) is 15.3 Å². The van der Waals surface area contributed by atoms with Crippen LogP contribution in [0.4, 0.5) is 13.2 Å². The molecule has 1 atom stereocenters. The zero-order valence-electron chi connectivity index (χ0n) is 17.3. The van der Waals surface area contributed by atoms with Crippen LogP contribution < -0.4 is 20.5 Å². The topological polar surface area (TPSA) is 106 Å². The molecule has 0 bridgehead atoms. The lowest BCUT2D eigenvalue weighted by Gasteiger charge is -2.39. The number of ether oxygens (including phenoxy) is 2. The van der Waals surface area contributed by atoms with Crippen LogP contribution in [0.2, 0.25) is 0 Å². The predicted molar refractivity (Wildman–Crippen MR) is 113 cm³/mol. The third kappa shape index (κ3) is 3.96. The Bertz CT molecular complexity index is 1430. The molecule has 2 N–H and O–H groups in total. The van der Waals surface area contributed by atoms with Gasteiger partial charge in [0.15, 0.2) is 5.58 Å². The second kappa shape index (κ2) is 7.94. The van der Waals surface area contributed by atoms with Gasteiger partial charge in [0.05, 0.1) is 12.1 Å². The largest absolute Gasteiger partial charge is 0.573 e. The molecule has 0 aliphatic carbocycles. The van der Waals surface area contributed by atoms with Gasteiger partial charge in [-0.05, 0) is 48.0 Å². The van der Waals surface area contributed by atoms with Crippen LogP contribution in [0.1, 0.15) is 28.0 Å². The normalized spacial score (nSPS) is 17.6. The lowest BCUT2D eigenvalue weighted by Crippen LogP contribution is -2.50. The maximum absolute atomic E-state index is 13.3. The highest BCUT2D eigenvalue weighted by Crippen LogP contribution is 2.41. The number of hydrogen-bond donors (Lipinski definition) is 2. The summed E-state index contributed by atoms with van der Waals surface area (Å²) in [6, 6.07) is 13.1. The van der Waals surface area contributed by atoms with E-state index in [2.05, 4.69) is 20.0 Å². The van der Waals surface area contributed by atoms with Crippen LogP contribution in [0.3, 0.4) is 0 Å². The van der Waals surface area contributed by atoms with Crippen molar-refractivity contribution < 1.29 is 31.9 Å². The van der Waals surface area contributed by atoms with E-state index in [1.807, 2.05) is 0 Å². The predicted octanol–water partition coefficient (Wildman–Crippen LogP) is 3.87. The molecule has 0 radical (unpaired) electrons. The molecule has 0 fully saturated rings. The number of nitrogens with zero attached hydrogens (tertiary/aromatic N) is 1. The van der Waals surface area contributed by atoms with Crippen LogP contribution in [0.5, 0.6) is 11.5 Å². The van der Waals surface area contributed by atoms with Crippen LogP contribution >= 0.6 is 0 Å². The number of carbonyl (C=O) groups excluding carboxylic acids is 1. The standard InChI is InChI=1S/C23H16F3N3O5/c24-23(25,26)34-15-6-4-14(5-7-15)22(9-11-32-18-2-1-10-27-19(18)22)29-20(30)13-3-8-17-16(12-13)28-21(31)33-17/h1-8,10,12H,9,11H2,(H,28,31)(H,29,30)/t22-/m0/s1. The maximum Gasteiger partial charge on any atom is 0.573 e. The number of H-pyrrole nitrogens is 1. The van der Waals surface area contributed by atoms with E-state index >= 15 is 0 Å². The summed E-state index contributed by atoms with van der Waals surface area (Å²) >= 11 is 0. The molecule has 5 rings (SSSR count). The first-order valence-corrected chi connectivity index (χ1v) is 10.1. The quantitative estimate of drug-likeness (QED) is 0.468. The van der Waals surface area contributed by atoms with Crippen molar-refractivity contribution in [2.75, 3.05) is 6.61 Å². The molecule has 2 aromatic carbocycles. The van der Waals surface area contributed by atoms with Gasteiger partial charge in [0.2, 0.25) is 0 Å². The average Bonchev–Trinajstić information content (AvgIpc) is 3.18. The first kappa shape index (κ1) is 21.6. The molecule has 2 aromatic heterocycles. The van der Waals surface area contributed by atoms with Crippen molar-refractivity contribution in [3.05, 3.63) is 88.2 Å². The van der Waals surface area contributed by atoms with Crippen molar-refractivity contribution in [2.45, 2.75) is 18.3 Å². The molecule has 1 aliphatic heterocycles. The minimum Gasteiger partial charge on any atom is -0.491 e. The molecule has 11 heteroatoms. The molecule has 0 unspecified atom stereocenters. The van der Waals surface area contributed by atoms with Gasteiger partial charge in [0.25, 0.3) is 5.91 Å². The molecule has 174 valence electrons. The Hall–Kier alpha value is -4.28. The van der Waals surface area contributed by atoms with Gasteiger partial charge in [0, 0.05) is 18.2 Å². The number of halogens is 3. The number of nitrogens with one attached hydrogen (secondary N) is 2. The van der Waals surface area contributed by atoms with E-state index in [4.69, 9.17) is 9.15 Å². The third-order valence-corrected chi connectivity index (χ3v) is 5.50. The maximum atomic E-state index is 13.3. The summed E-state index contributed by atoms with van der Waals surface area (Å²) < 4.78 is 52.5. The number of alkyl halides is 3. The van der Waals surface area contributed by atoms with Gasteiger partial charge in [-0.2, -0.15) is 0 Å². The van der Waals surface area contributed by atoms with Crippen molar-refractivity contribution in [1.29, 1.82) is 0 Å². The molecule has 1 amide bonds. The molecule has 3 heterocycles. The van der Waals surface area contributed by atoms with E-state index in [1.54, 1.807) is 12.1 Å². The van der Waals surface area contributed by atoms with Crippen molar-refractivity contribution in [3.8, 4) is 11.5 Å². The Morgan fingerprint density at radius 3 is 2.71 bits per heavy atom. The summed E-state index contributed by atoms with van der Waals surface area (Å²) in [7, 11) is 0. The lowest BCUT2D eigenvalue weighted by atomic mass is 9.81. The highest BCUT2D eigenvalue weighted by molar-refractivity contribution is 5.97. The monoisotopic (exact) mass is 471 g/mol. The number of aromatic amines is 1. The smallest absolute Gasteiger partial charge is 0.491 e. The minimum atomic E-state index is -4.83. The SMILES string of the molecule is O=C(N[C@]1(c2ccc(OC(F)(F)F)cc2)CCOc2cccnc21)c1ccc2oc(=O)[nH]c2c1. The number of fused-ring (bicyclic) bond motifs is 2. The lowest BCUT2D eigenvalue weighted by molar-refractivity contribution is -0.274. The zero-order chi connectivity index (χ0) is 23.9. The number of amides is 1. The van der Waals surface area contributed by atoms with Gasteiger partial charge >= 0.3 is 12.1 Å². The Balaban J connectivity index is 1.56. The number of oxazole rings is 1. The molecule has 34 heavy (non-hydrogen) atoms. The molecule has 0 saturated carbocycles. The number of carbonyl (C=O) groups is 1. The molecule has 4 aromatic rings. The molecule has 0 spiro atoms. The highest BCUT2D eigenvalue weighted by Gasteiger charge is 2.43. The van der Waals surface area contributed by atoms with Crippen LogP contribution in [-0.4, -0.2) is 28.8 Å². The van der Waals surface area contributed by atoms with Gasteiger partial charge in [-0.3, -0.25) is 14.8 Å². The summed E-state index contributed by atoms with van der Waals surface area (Å²) in [5.41, 5.74) is 0.611. The Kier molecular flexibility index (Phi) is 5.03. The Morgan fingerprint density at radius 1 is 1.15 bits per heavy atom. The number of rotatable bonds is 4. The van der Waals surface area contributed by atoms with Crippen molar-refractivity contribution >= 4 is 17.0 Å². The van der Waals surface area contributed by atoms with E-state index in [1.165, 1.54) is 48.7 Å². The summed E-state index contributed by atoms with van der Waals surface area (Å²) in [4.78, 5) is 31.7. The fourth-order valence-electron chi connectivity index (χ4n) is 4.04.